The number of carbonyl (C=O) groups excluding carboxylic acids is 1. The highest BCUT2D eigenvalue weighted by atomic mass is 79.9. The monoisotopic (exact) mass is 282 g/mol. The van der Waals surface area contributed by atoms with Crippen LogP contribution in [0.3, 0.4) is 0 Å². The van der Waals surface area contributed by atoms with E-state index in [1.807, 2.05) is 18.2 Å². The zero-order valence-electron chi connectivity index (χ0n) is 9.16. The number of nitrogens with two attached hydrogens (primary N) is 1. The third-order valence-corrected chi connectivity index (χ3v) is 3.40. The summed E-state index contributed by atoms with van der Waals surface area (Å²) in [6.07, 6.45) is 1.98. The molecule has 2 rings (SSSR count). The van der Waals surface area contributed by atoms with Crippen LogP contribution < -0.4 is 11.1 Å². The molecule has 3 N–H and O–H groups in total. The molecule has 1 fully saturated rings. The van der Waals surface area contributed by atoms with Crippen LogP contribution in [0.15, 0.2) is 28.7 Å². The molecular formula is C12H15BrN2O. The number of hydrogen-bond donors (Lipinski definition) is 2. The summed E-state index contributed by atoms with van der Waals surface area (Å²) in [4.78, 5) is 11.6. The largest absolute Gasteiger partial charge is 0.345 e. The lowest BCUT2D eigenvalue weighted by Gasteiger charge is -2.19. The number of carbonyl (C=O) groups is 1. The zero-order valence-corrected chi connectivity index (χ0v) is 10.8. The summed E-state index contributed by atoms with van der Waals surface area (Å²) in [6.45, 7) is 1.70. The molecule has 0 radical (unpaired) electrons. The van der Waals surface area contributed by atoms with Crippen molar-refractivity contribution in [3.63, 3.8) is 0 Å². The molecule has 1 atom stereocenters. The van der Waals surface area contributed by atoms with Crippen LogP contribution in [0.5, 0.6) is 0 Å². The second kappa shape index (κ2) is 4.18. The van der Waals surface area contributed by atoms with Crippen LogP contribution in [-0.4, -0.2) is 11.9 Å². The van der Waals surface area contributed by atoms with Gasteiger partial charge >= 0.3 is 0 Å². The van der Waals surface area contributed by atoms with Crippen molar-refractivity contribution in [1.82, 2.24) is 5.32 Å². The molecule has 0 aromatic heterocycles. The Morgan fingerprint density at radius 2 is 2.25 bits per heavy atom. The first-order valence-corrected chi connectivity index (χ1v) is 6.16. The van der Waals surface area contributed by atoms with Crippen molar-refractivity contribution in [3.05, 3.63) is 34.3 Å². The first-order chi connectivity index (χ1) is 7.53. The van der Waals surface area contributed by atoms with Crippen LogP contribution in [0.2, 0.25) is 0 Å². The lowest BCUT2D eigenvalue weighted by Crippen LogP contribution is -2.44. The Balaban J connectivity index is 2.17. The predicted molar refractivity (Wildman–Crippen MR) is 66.8 cm³/mol. The predicted octanol–water partition coefficient (Wildman–Crippen LogP) is 1.90. The third-order valence-electron chi connectivity index (χ3n) is 2.90. The fraction of sp³-hybridized carbons (Fsp3) is 0.417. The molecule has 0 aliphatic heterocycles. The van der Waals surface area contributed by atoms with Crippen LogP contribution >= 0.6 is 15.9 Å². The summed E-state index contributed by atoms with van der Waals surface area (Å²) in [5, 5.41) is 3.03. The van der Waals surface area contributed by atoms with Crippen molar-refractivity contribution < 1.29 is 4.79 Å². The lowest BCUT2D eigenvalue weighted by atomic mass is 10.0. The highest BCUT2D eigenvalue weighted by molar-refractivity contribution is 9.10. The fourth-order valence-corrected chi connectivity index (χ4v) is 2.15. The molecule has 3 nitrogen and oxygen atoms in total. The van der Waals surface area contributed by atoms with Crippen LogP contribution in [0, 0.1) is 0 Å². The van der Waals surface area contributed by atoms with Gasteiger partial charge in [-0.3, -0.25) is 4.79 Å². The van der Waals surface area contributed by atoms with E-state index in [1.54, 1.807) is 6.92 Å². The molecule has 1 saturated carbocycles. The summed E-state index contributed by atoms with van der Waals surface area (Å²) in [5.41, 5.74) is 6.53. The van der Waals surface area contributed by atoms with E-state index in [-0.39, 0.29) is 11.4 Å². The Hall–Kier alpha value is -0.870. The SMILES string of the molecule is C[C@H](N)C(=O)NC1(c2cccc(Br)c2)CC1. The van der Waals surface area contributed by atoms with Crippen LogP contribution in [0.1, 0.15) is 25.3 Å². The van der Waals surface area contributed by atoms with Crippen molar-refractivity contribution in [2.24, 2.45) is 5.73 Å². The van der Waals surface area contributed by atoms with Gasteiger partial charge in [0.1, 0.15) is 0 Å². The summed E-state index contributed by atoms with van der Waals surface area (Å²) >= 11 is 3.44. The Morgan fingerprint density at radius 1 is 1.56 bits per heavy atom. The maximum absolute atomic E-state index is 11.6. The van der Waals surface area contributed by atoms with Gasteiger partial charge in [-0.2, -0.15) is 0 Å². The zero-order chi connectivity index (χ0) is 11.8. The highest BCUT2D eigenvalue weighted by Crippen LogP contribution is 2.45. The Labute approximate surface area is 104 Å². The van der Waals surface area contributed by atoms with E-state index in [0.29, 0.717) is 0 Å². The van der Waals surface area contributed by atoms with Gasteiger partial charge in [0.05, 0.1) is 11.6 Å². The van der Waals surface area contributed by atoms with Gasteiger partial charge in [-0.25, -0.2) is 0 Å². The van der Waals surface area contributed by atoms with E-state index in [1.165, 1.54) is 0 Å². The number of nitrogens with one attached hydrogen (secondary N) is 1. The number of amides is 1. The quantitative estimate of drug-likeness (QED) is 0.890. The van der Waals surface area contributed by atoms with Gasteiger partial charge in [-0.05, 0) is 37.5 Å². The first kappa shape index (κ1) is 11.6. The highest BCUT2D eigenvalue weighted by Gasteiger charge is 2.45. The molecule has 4 heteroatoms. The molecule has 0 spiro atoms. The topological polar surface area (TPSA) is 55.1 Å². The van der Waals surface area contributed by atoms with Crippen LogP contribution in [0.4, 0.5) is 0 Å². The van der Waals surface area contributed by atoms with E-state index in [9.17, 15) is 4.79 Å². The number of rotatable bonds is 3. The maximum Gasteiger partial charge on any atom is 0.237 e. The van der Waals surface area contributed by atoms with Crippen LogP contribution in [-0.2, 0) is 10.3 Å². The minimum absolute atomic E-state index is 0.0857. The van der Waals surface area contributed by atoms with Gasteiger partial charge in [0.15, 0.2) is 0 Å². The van der Waals surface area contributed by atoms with Gasteiger partial charge in [-0.1, -0.05) is 28.1 Å². The van der Waals surface area contributed by atoms with Gasteiger partial charge in [0, 0.05) is 4.47 Å². The summed E-state index contributed by atoms with van der Waals surface area (Å²) in [5.74, 6) is -0.0857. The van der Waals surface area contributed by atoms with Gasteiger partial charge in [0.25, 0.3) is 0 Å². The Bertz CT molecular complexity index is 413. The van der Waals surface area contributed by atoms with Gasteiger partial charge in [-0.15, -0.1) is 0 Å². The standard InChI is InChI=1S/C12H15BrN2O/c1-8(14)11(16)15-12(5-6-12)9-3-2-4-10(13)7-9/h2-4,7-8H,5-6,14H2,1H3,(H,15,16)/t8-/m0/s1. The second-order valence-electron chi connectivity index (χ2n) is 4.37. The lowest BCUT2D eigenvalue weighted by molar-refractivity contribution is -0.123. The van der Waals surface area contributed by atoms with Crippen molar-refractivity contribution >= 4 is 21.8 Å². The summed E-state index contributed by atoms with van der Waals surface area (Å²) in [6, 6.07) is 7.60. The van der Waals surface area contributed by atoms with Crippen molar-refractivity contribution in [2.75, 3.05) is 0 Å². The van der Waals surface area contributed by atoms with Gasteiger partial charge < -0.3 is 11.1 Å². The molecule has 0 heterocycles. The van der Waals surface area contributed by atoms with Crippen molar-refractivity contribution in [2.45, 2.75) is 31.3 Å². The first-order valence-electron chi connectivity index (χ1n) is 5.37. The van der Waals surface area contributed by atoms with E-state index in [2.05, 4.69) is 27.3 Å². The molecule has 0 unspecified atom stereocenters. The molecule has 86 valence electrons. The Morgan fingerprint density at radius 3 is 2.75 bits per heavy atom. The van der Waals surface area contributed by atoms with E-state index in [4.69, 9.17) is 5.73 Å². The molecule has 1 aromatic carbocycles. The fourth-order valence-electron chi connectivity index (χ4n) is 1.75. The minimum Gasteiger partial charge on any atom is -0.345 e. The molecule has 16 heavy (non-hydrogen) atoms. The normalized spacial score (nSPS) is 18.9. The van der Waals surface area contributed by atoms with Crippen LogP contribution in [0.25, 0.3) is 0 Å². The number of hydrogen-bond acceptors (Lipinski definition) is 2. The van der Waals surface area contributed by atoms with Crippen molar-refractivity contribution in [1.29, 1.82) is 0 Å². The van der Waals surface area contributed by atoms with Crippen molar-refractivity contribution in [3.8, 4) is 0 Å². The second-order valence-corrected chi connectivity index (χ2v) is 5.29. The molecule has 1 aliphatic rings. The van der Waals surface area contributed by atoms with E-state index >= 15 is 0 Å². The maximum atomic E-state index is 11.6. The van der Waals surface area contributed by atoms with Gasteiger partial charge in [0.2, 0.25) is 5.91 Å². The van der Waals surface area contributed by atoms with E-state index in [0.717, 1.165) is 22.9 Å². The number of halogens is 1. The third kappa shape index (κ3) is 2.28. The van der Waals surface area contributed by atoms with E-state index < -0.39 is 6.04 Å². The molecule has 0 saturated heterocycles. The molecule has 0 bridgehead atoms. The summed E-state index contributed by atoms with van der Waals surface area (Å²) in [7, 11) is 0. The molecular weight excluding hydrogens is 268 g/mol. The average molecular weight is 283 g/mol. The molecule has 1 amide bonds. The Kier molecular flexibility index (Phi) is 3.04. The smallest absolute Gasteiger partial charge is 0.237 e. The average Bonchev–Trinajstić information content (AvgIpc) is 2.99. The number of benzene rings is 1. The minimum atomic E-state index is -0.454. The molecule has 1 aromatic rings. The molecule has 1 aliphatic carbocycles. The summed E-state index contributed by atoms with van der Waals surface area (Å²) < 4.78 is 1.03.